The quantitative estimate of drug-likeness (QED) is 0.0321. The maximum atomic E-state index is 13.2. The molecular formula is C77H98Ca4O14P6Zn2+12. The Morgan fingerprint density at radius 3 is 0.893 bits per heavy atom. The number of hydrogen-bond acceptors (Lipinski definition) is 8. The Bertz CT molecular complexity index is 3950. The fraction of sp³-hybridized carbons (Fsp3) is 0.221. The van der Waals surface area contributed by atoms with Gasteiger partial charge in [-0.1, -0.05) is 260 Å². The van der Waals surface area contributed by atoms with Gasteiger partial charge in [-0.25, -0.2) is 0 Å². The van der Waals surface area contributed by atoms with Gasteiger partial charge in [-0.05, 0) is 118 Å². The van der Waals surface area contributed by atoms with E-state index in [-0.39, 0.29) is 202 Å². The second-order valence-corrected chi connectivity index (χ2v) is 35.3. The number of hydrogen-bond donors (Lipinski definition) is 8. The van der Waals surface area contributed by atoms with E-state index in [9.17, 15) is 47.0 Å². The van der Waals surface area contributed by atoms with Gasteiger partial charge in [0.05, 0.1) is 0 Å². The molecule has 0 heterocycles. The molecule has 0 radical (unpaired) electrons. The molecule has 0 saturated heterocycles. The van der Waals surface area contributed by atoms with Gasteiger partial charge in [0.25, 0.3) is 22.1 Å². The van der Waals surface area contributed by atoms with Gasteiger partial charge in [0.1, 0.15) is 0 Å². The van der Waals surface area contributed by atoms with Crippen LogP contribution in [0.4, 0.5) is 0 Å². The third-order valence-electron chi connectivity index (χ3n) is 12.3. The van der Waals surface area contributed by atoms with Gasteiger partial charge in [-0.3, -0.25) is 27.4 Å². The second kappa shape index (κ2) is 65.9. The largest absolute Gasteiger partial charge is 2.00 e. The van der Waals surface area contributed by atoms with Crippen LogP contribution in [0.15, 0.2) is 267 Å². The summed E-state index contributed by atoms with van der Waals surface area (Å²) in [7, 11) is -16.9. The molecule has 0 amide bonds. The summed E-state index contributed by atoms with van der Waals surface area (Å²) in [6.45, 7) is 16.3. The van der Waals surface area contributed by atoms with Crippen LogP contribution in [0, 0.1) is 24.2 Å². The number of aliphatic hydroxyl groups is 2. The Labute approximate surface area is 759 Å². The molecule has 10 aromatic rings. The van der Waals surface area contributed by atoms with Crippen molar-refractivity contribution in [3.63, 3.8) is 0 Å². The molecule has 26 heteroatoms. The van der Waals surface area contributed by atoms with E-state index in [0.29, 0.717) is 44.2 Å². The van der Waals surface area contributed by atoms with Crippen molar-refractivity contribution in [2.24, 2.45) is 0 Å². The van der Waals surface area contributed by atoms with Crippen LogP contribution >= 0.6 is 44.2 Å². The predicted molar refractivity (Wildman–Crippen MR) is 437 cm³/mol. The summed E-state index contributed by atoms with van der Waals surface area (Å²) in [6, 6.07) is 80.3. The molecule has 0 saturated carbocycles. The molecule has 10 aromatic carbocycles. The van der Waals surface area contributed by atoms with E-state index in [4.69, 9.17) is 26.4 Å². The predicted octanol–water partition coefficient (Wildman–Crippen LogP) is 14.7. The smallest absolute Gasteiger partial charge is 0.400 e. The zero-order valence-corrected chi connectivity index (χ0v) is 81.8. The summed E-state index contributed by atoms with van der Waals surface area (Å²) in [5.41, 5.74) is 1.82. The van der Waals surface area contributed by atoms with E-state index in [0.717, 1.165) is 46.9 Å². The second-order valence-electron chi connectivity index (χ2n) is 20.9. The van der Waals surface area contributed by atoms with Crippen molar-refractivity contribution in [1.29, 1.82) is 0 Å². The maximum absolute atomic E-state index is 13.2. The van der Waals surface area contributed by atoms with Crippen molar-refractivity contribution in [2.45, 2.75) is 73.6 Å². The normalized spacial score (nSPS) is 10.3. The van der Waals surface area contributed by atoms with Crippen LogP contribution in [0.2, 0.25) is 0 Å². The van der Waals surface area contributed by atoms with Gasteiger partial charge < -0.3 is 39.6 Å². The topological polar surface area (TPSA) is 264 Å². The van der Waals surface area contributed by atoms with Crippen LogP contribution in [0.5, 0.6) is 0 Å². The number of fused-ring (bicyclic) bond motifs is 2. The van der Waals surface area contributed by atoms with Crippen LogP contribution < -0.4 is 31.8 Å². The van der Waals surface area contributed by atoms with Crippen LogP contribution in [-0.4, -0.2) is 230 Å². The average Bonchev–Trinajstić information content (AvgIpc) is 0.772. The average molecular weight is 1720 g/mol. The van der Waals surface area contributed by atoms with E-state index < -0.39 is 44.2 Å². The molecule has 14 nitrogen and oxygen atoms in total. The van der Waals surface area contributed by atoms with Crippen LogP contribution in [0.25, 0.3) is 21.5 Å². The fourth-order valence-electron chi connectivity index (χ4n) is 7.88. The first kappa shape index (κ1) is 115. The summed E-state index contributed by atoms with van der Waals surface area (Å²) in [4.78, 5) is 57.6. The molecule has 1 atom stereocenters. The van der Waals surface area contributed by atoms with E-state index in [1.165, 1.54) is 26.2 Å². The van der Waals surface area contributed by atoms with Gasteiger partial charge in [-0.15, -0.1) is 6.42 Å². The van der Waals surface area contributed by atoms with Crippen molar-refractivity contribution in [2.75, 3.05) is 39.9 Å². The first-order valence-corrected chi connectivity index (χ1v) is 42.6. The molecular weight excluding hydrogens is 1630 g/mol. The van der Waals surface area contributed by atoms with Gasteiger partial charge in [0.2, 0.25) is 7.37 Å². The first-order valence-electron chi connectivity index (χ1n) is 31.0. The molecule has 0 bridgehead atoms. The van der Waals surface area contributed by atoms with E-state index in [1.54, 1.807) is 130 Å². The number of rotatable bonds is 12. The van der Waals surface area contributed by atoms with E-state index >= 15 is 0 Å². The van der Waals surface area contributed by atoms with Crippen molar-refractivity contribution in [1.82, 2.24) is 0 Å². The van der Waals surface area contributed by atoms with Crippen LogP contribution in [0.1, 0.15) is 72.4 Å². The SMILES string of the molecule is C#CC#CC.CCC.CCC.CCP(=O)(O)CC.CO.CO.CP(C)(=O)O.O=P(O)(Cc1ccccc1)Cc1ccccc1.O=P(O)(c1ccc2ccccc2c1)c1cccc2ccccc12.O=P(O)(c1ccccc1)c1ccccc1.O=P(O)(c1ccccc1)c1ccccc1.[Ca+2].[Ca+2].[Ca+2].[Ca+2].[Zn+2].[Zn+2]. The van der Waals surface area contributed by atoms with Gasteiger partial charge >= 0.3 is 190 Å². The number of benzene rings is 10. The van der Waals surface area contributed by atoms with Crippen LogP contribution in [0.3, 0.4) is 0 Å². The molecule has 0 aliphatic carbocycles. The molecule has 10 rings (SSSR count). The molecule has 520 valence electrons. The van der Waals surface area contributed by atoms with Crippen molar-refractivity contribution in [3.05, 3.63) is 278 Å². The molecule has 0 aliphatic heterocycles. The summed E-state index contributed by atoms with van der Waals surface area (Å²) < 4.78 is 70.0. The summed E-state index contributed by atoms with van der Waals surface area (Å²) in [5.74, 6) is 7.08. The summed E-state index contributed by atoms with van der Waals surface area (Å²) in [5, 5.41) is 20.7. The van der Waals surface area contributed by atoms with Gasteiger partial charge in [0, 0.05) is 84.0 Å². The minimum absolute atomic E-state index is 0. The van der Waals surface area contributed by atoms with E-state index in [2.05, 4.69) is 45.5 Å². The summed E-state index contributed by atoms with van der Waals surface area (Å²) in [6.07, 6.45) is 8.51. The third kappa shape index (κ3) is 49.2. The van der Waals surface area contributed by atoms with E-state index in [1.807, 2.05) is 158 Å². The van der Waals surface area contributed by atoms with Crippen molar-refractivity contribution >= 4 is 249 Å². The molecule has 8 N–H and O–H groups in total. The Hall–Kier alpha value is -0.814. The molecule has 1 unspecified atom stereocenters. The number of terminal acetylenes is 1. The zero-order chi connectivity index (χ0) is 73.4. The Kier molecular flexibility index (Phi) is 73.8. The van der Waals surface area contributed by atoms with Crippen molar-refractivity contribution < 1.29 is 106 Å². The molecule has 103 heavy (non-hydrogen) atoms. The maximum Gasteiger partial charge on any atom is 2.00 e. The molecule has 0 aliphatic rings. The summed E-state index contributed by atoms with van der Waals surface area (Å²) >= 11 is 0. The monoisotopic (exact) mass is 1720 g/mol. The third-order valence-corrected chi connectivity index (χ3v) is 22.0. The number of aliphatic hydroxyl groups excluding tert-OH is 2. The molecule has 0 fully saturated rings. The fourth-order valence-corrected chi connectivity index (χ4v) is 14.6. The molecule has 0 aromatic heterocycles. The standard InChI is InChI=1S/C20H15O2P.C14H15O2P.2C12H11O2P.C5H4.C4H11O2P.2C3H8.C2H7O2P.2CH4O.4Ca.2Zn/c21-23(22,18-13-12-15-6-1-2-8-17(15)14-18)20-11-5-9-16-7-3-4-10-19(16)20;15-17(16,11-13-7-3-1-4-8-13)12-14-9-5-2-6-10-14;2*13-15(14,11-7-3-1-4-8-11)12-9-5-2-6-10-12;1-3-5-4-2;1-3-7(5,6)4-2;2*1-3-2;1-5(2,3)4;2*1-2;;;;;;/h1-14H,(H,21,22);1-10H,11-12H2,(H,15,16);2*1-10H,(H,13,14);1H,2H3;3-4H2,1-2H3,(H,5,6);2*3H2,1-2H3;1-2H3,(H,3,4);2*2H,1H3;;;;;;/q;;;;;;;;;;;6*+2. The van der Waals surface area contributed by atoms with Crippen LogP contribution in [-0.2, 0) is 78.7 Å². The first-order chi connectivity index (χ1) is 46.1. The van der Waals surface area contributed by atoms with Crippen molar-refractivity contribution in [3.8, 4) is 24.2 Å². The minimum atomic E-state index is -3.65. The Morgan fingerprint density at radius 2 is 0.612 bits per heavy atom. The van der Waals surface area contributed by atoms with Gasteiger partial charge in [0.15, 0.2) is 14.7 Å². The van der Waals surface area contributed by atoms with Gasteiger partial charge in [-0.2, -0.15) is 0 Å². The molecule has 0 spiro atoms. The Balaban J connectivity index is -0.000000212. The Morgan fingerprint density at radius 1 is 0.340 bits per heavy atom. The zero-order valence-electron chi connectivity index (χ0n) is 61.7. The minimum Gasteiger partial charge on any atom is -0.400 e.